The summed E-state index contributed by atoms with van der Waals surface area (Å²) in [6.45, 7) is 15.3. The lowest BCUT2D eigenvalue weighted by atomic mass is 10.3. The minimum absolute atomic E-state index is 1.92. The Morgan fingerprint density at radius 1 is 0.281 bits per heavy atom. The fourth-order valence-corrected chi connectivity index (χ4v) is 0. The van der Waals surface area contributed by atoms with Gasteiger partial charge in [0, 0.05) is 0 Å². The molecule has 0 aromatic rings. The smallest absolute Gasteiger partial charge is 0.398 e. The van der Waals surface area contributed by atoms with Crippen molar-refractivity contribution in [2.75, 3.05) is 53.3 Å². The molecule has 208 valence electrons. The monoisotopic (exact) mass is 640 g/mol. The van der Waals surface area contributed by atoms with Crippen LogP contribution < -0.4 is 0 Å². The van der Waals surface area contributed by atoms with Crippen LogP contribution in [0.1, 0.15) is 0 Å². The Hall–Kier alpha value is 3.10. The molecule has 0 fully saturated rings. The second-order valence-corrected chi connectivity index (χ2v) is 1.24. The summed E-state index contributed by atoms with van der Waals surface area (Å²) in [6.07, 6.45) is 0. The van der Waals surface area contributed by atoms with Gasteiger partial charge in [-0.15, -0.1) is 73.9 Å². The number of halogens is 4. The third-order valence-corrected chi connectivity index (χ3v) is 0. The average Bonchev–Trinajstić information content (AvgIpc) is 2.77. The van der Waals surface area contributed by atoms with E-state index in [0.29, 0.717) is 0 Å². The molecule has 0 rings (SSSR count). The van der Waals surface area contributed by atoms with E-state index >= 15 is 0 Å². The van der Waals surface area contributed by atoms with Crippen LogP contribution in [0.5, 0.6) is 0 Å². The predicted molar refractivity (Wildman–Crippen MR) is 170 cm³/mol. The van der Waals surface area contributed by atoms with Crippen LogP contribution in [0.25, 0.3) is 0 Å². The quantitative estimate of drug-likeness (QED) is 0.101. The van der Waals surface area contributed by atoms with E-state index in [9.17, 15) is 17.3 Å². The molecule has 8 nitrogen and oxygen atoms in total. The summed E-state index contributed by atoms with van der Waals surface area (Å²) in [6, 6.07) is 0. The van der Waals surface area contributed by atoms with Crippen molar-refractivity contribution in [2.45, 2.75) is 0 Å². The van der Waals surface area contributed by atoms with Gasteiger partial charge in [-0.25, -0.2) is 0 Å². The summed E-state index contributed by atoms with van der Waals surface area (Å²) < 4.78 is 40.4. The summed E-state index contributed by atoms with van der Waals surface area (Å²) in [5, 5.41) is 55.6. The second kappa shape index (κ2) is 164. The highest BCUT2D eigenvalue weighted by molar-refractivity contribution is 7.16. The summed E-state index contributed by atoms with van der Waals surface area (Å²) in [5.41, 5.74) is 0. The largest absolute Gasteiger partial charge is 0.674 e. The van der Waals surface area contributed by atoms with Gasteiger partial charge in [0.05, 0.1) is 0 Å². The van der Waals surface area contributed by atoms with Gasteiger partial charge < -0.3 is 40.2 Å². The molecule has 0 saturated heterocycles. The van der Waals surface area contributed by atoms with Crippen LogP contribution in [-0.2, 0) is 0 Å². The zero-order valence-electron chi connectivity index (χ0n) is 20.0. The maximum Gasteiger partial charge on any atom is 0.674 e. The zero-order valence-corrected chi connectivity index (χ0v) is 29.3. The predicted octanol–water partition coefficient (Wildman–Crippen LogP) is -0.368. The Morgan fingerprint density at radius 3 is 0.281 bits per heavy atom. The molecule has 0 radical (unpaired) electrons. The molecule has 0 saturated carbocycles. The molecular formula is C8H48B4F4O8P8. The van der Waals surface area contributed by atoms with Crippen molar-refractivity contribution in [1.82, 2.24) is 0 Å². The van der Waals surface area contributed by atoms with Crippen LogP contribution >= 0.6 is 73.9 Å². The highest BCUT2D eigenvalue weighted by Crippen LogP contribution is 1.58. The number of hydrogen-bond acceptors (Lipinski definition) is 8. The molecule has 0 aromatic heterocycles. The summed E-state index contributed by atoms with van der Waals surface area (Å²) >= 11 is 0. The highest BCUT2D eigenvalue weighted by Gasteiger charge is 1.98. The molecule has 24 heteroatoms. The van der Waals surface area contributed by atoms with Gasteiger partial charge >= 0.3 is 29.6 Å². The second-order valence-electron chi connectivity index (χ2n) is 1.24. The first-order chi connectivity index (χ1) is 14.9. The molecular weight excluding hydrogens is 591 g/mol. The van der Waals surface area contributed by atoms with Crippen LogP contribution in [0.15, 0.2) is 0 Å². The van der Waals surface area contributed by atoms with Crippen molar-refractivity contribution in [1.29, 1.82) is 0 Å². The molecule has 0 aliphatic rings. The average molecular weight is 639 g/mol. The first-order valence-electron chi connectivity index (χ1n) is 7.56. The van der Waals surface area contributed by atoms with Crippen LogP contribution in [0.2, 0.25) is 0 Å². The van der Waals surface area contributed by atoms with Crippen molar-refractivity contribution in [2.24, 2.45) is 0 Å². The van der Waals surface area contributed by atoms with Crippen molar-refractivity contribution >= 4 is 104 Å². The van der Waals surface area contributed by atoms with E-state index in [-0.39, 0.29) is 0 Å². The van der Waals surface area contributed by atoms with Crippen molar-refractivity contribution in [3.8, 4) is 0 Å². The third kappa shape index (κ3) is 3550. The SMILES string of the molecule is CP.CP.CP.CP.CP.CP.CP.CP.OB(O)F.OB(O)F.OB(O)F.OB(O)F. The highest BCUT2D eigenvalue weighted by atomic mass is 31.0. The minimum Gasteiger partial charge on any atom is -0.398 e. The molecule has 8 N–H and O–H groups in total. The first kappa shape index (κ1) is 76.5. The van der Waals surface area contributed by atoms with Crippen LogP contribution in [-0.4, -0.2) is 123 Å². The number of hydrogen-bond donors (Lipinski definition) is 8. The first-order valence-corrected chi connectivity index (χ1v) is 16.8. The maximum atomic E-state index is 10.1. The van der Waals surface area contributed by atoms with Crippen molar-refractivity contribution in [3.05, 3.63) is 0 Å². The van der Waals surface area contributed by atoms with Gasteiger partial charge in [0.15, 0.2) is 0 Å². The lowest BCUT2D eigenvalue weighted by Crippen LogP contribution is -1.98. The van der Waals surface area contributed by atoms with E-state index in [1.807, 2.05) is 53.3 Å². The molecule has 0 aliphatic carbocycles. The molecule has 0 aliphatic heterocycles. The van der Waals surface area contributed by atoms with E-state index in [1.54, 1.807) is 0 Å². The van der Waals surface area contributed by atoms with Gasteiger partial charge in [0.25, 0.3) is 0 Å². The topological polar surface area (TPSA) is 162 Å². The lowest BCUT2D eigenvalue weighted by Gasteiger charge is -1.65. The van der Waals surface area contributed by atoms with E-state index in [4.69, 9.17) is 40.2 Å². The van der Waals surface area contributed by atoms with Gasteiger partial charge in [0.2, 0.25) is 0 Å². The van der Waals surface area contributed by atoms with Crippen molar-refractivity contribution < 1.29 is 57.5 Å². The summed E-state index contributed by atoms with van der Waals surface area (Å²) in [4.78, 5) is 0. The standard InChI is InChI=1S/8CH5P.4BFH2O2/c8*1-2;4*2-1(3)4/h8*2H2,1H3;4*3-4H. The molecule has 8 atom stereocenters. The van der Waals surface area contributed by atoms with E-state index < -0.39 is 29.6 Å². The Kier molecular flexibility index (Phi) is 392. The molecule has 32 heavy (non-hydrogen) atoms. The molecule has 0 aromatic carbocycles. The molecule has 0 bridgehead atoms. The normalized spacial score (nSPS) is 4.88. The van der Waals surface area contributed by atoms with Gasteiger partial charge in [-0.05, 0) is 0 Å². The summed E-state index contributed by atoms with van der Waals surface area (Å²) in [7, 11) is 8.67. The molecule has 0 amide bonds. The van der Waals surface area contributed by atoms with E-state index in [1.165, 1.54) is 0 Å². The lowest BCUT2D eigenvalue weighted by molar-refractivity contribution is 0.338. The Labute approximate surface area is 214 Å². The number of rotatable bonds is 0. The van der Waals surface area contributed by atoms with E-state index in [0.717, 1.165) is 0 Å². The fourth-order valence-electron chi connectivity index (χ4n) is 0. The van der Waals surface area contributed by atoms with Gasteiger partial charge in [-0.2, -0.15) is 0 Å². The van der Waals surface area contributed by atoms with Gasteiger partial charge in [-0.3, -0.25) is 17.3 Å². The third-order valence-electron chi connectivity index (χ3n) is 0. The molecule has 8 unspecified atom stereocenters. The van der Waals surface area contributed by atoms with Gasteiger partial charge in [-0.1, -0.05) is 53.3 Å². The van der Waals surface area contributed by atoms with Crippen molar-refractivity contribution in [3.63, 3.8) is 0 Å². The zero-order chi connectivity index (χ0) is 30.3. The van der Waals surface area contributed by atoms with Crippen LogP contribution in [0.4, 0.5) is 17.3 Å². The Balaban J connectivity index is -0.0000000139. The maximum absolute atomic E-state index is 10.1. The van der Waals surface area contributed by atoms with E-state index in [2.05, 4.69) is 73.9 Å². The molecule has 0 heterocycles. The fraction of sp³-hybridized carbons (Fsp3) is 1.00. The van der Waals surface area contributed by atoms with Crippen LogP contribution in [0, 0.1) is 0 Å². The van der Waals surface area contributed by atoms with Crippen LogP contribution in [0.3, 0.4) is 0 Å². The Bertz CT molecular complexity index is 115. The minimum atomic E-state index is -2.67. The summed E-state index contributed by atoms with van der Waals surface area (Å²) in [5.74, 6) is 0. The molecule has 0 spiro atoms. The van der Waals surface area contributed by atoms with Gasteiger partial charge in [0.1, 0.15) is 0 Å². The Morgan fingerprint density at radius 2 is 0.281 bits per heavy atom.